The Morgan fingerprint density at radius 3 is 1.88 bits per heavy atom. The molecule has 0 bridgehead atoms. The van der Waals surface area contributed by atoms with Crippen molar-refractivity contribution >= 4 is 38.6 Å². The Labute approximate surface area is 237 Å². The van der Waals surface area contributed by atoms with Crippen molar-refractivity contribution in [2.45, 2.75) is 0 Å². The highest BCUT2D eigenvalue weighted by molar-refractivity contribution is 7.23. The Kier molecular flexibility index (Phi) is 5.35. The average molecular weight is 529 g/mol. The quantitative estimate of drug-likeness (QED) is 0.227. The highest BCUT2D eigenvalue weighted by atomic mass is 32.1. The molecule has 0 atom stereocenters. The molecule has 0 unspecified atom stereocenters. The van der Waals surface area contributed by atoms with E-state index in [2.05, 4.69) is 150 Å². The molecule has 0 saturated carbocycles. The van der Waals surface area contributed by atoms with Crippen molar-refractivity contribution in [3.05, 3.63) is 146 Å². The summed E-state index contributed by atoms with van der Waals surface area (Å²) in [5, 5.41) is 1.29. The minimum absolute atomic E-state index is 0.902. The van der Waals surface area contributed by atoms with Crippen LogP contribution in [0.4, 0.5) is 17.2 Å². The Bertz CT molecular complexity index is 1950. The van der Waals surface area contributed by atoms with E-state index in [1.807, 2.05) is 11.3 Å². The summed E-state index contributed by atoms with van der Waals surface area (Å²) < 4.78 is 1.31. The van der Waals surface area contributed by atoms with Crippen LogP contribution in [0.2, 0.25) is 0 Å². The van der Waals surface area contributed by atoms with E-state index in [-0.39, 0.29) is 0 Å². The lowest BCUT2D eigenvalue weighted by Gasteiger charge is -2.27. The highest BCUT2D eigenvalue weighted by Gasteiger charge is 2.29. The maximum atomic E-state index is 5.33. The van der Waals surface area contributed by atoms with Crippen LogP contribution in [0.5, 0.6) is 0 Å². The number of hydrogen-bond acceptors (Lipinski definition) is 3. The standard InChI is InChI=1S/C37H24N2S/c1-3-13-25(14-4-1)27-23-31(26-15-5-2-6-16-26)38-35(24-27)39-32-20-10-7-17-28(32)36-30-19-9-12-22-34(30)40-37(36)29-18-8-11-21-33(29)39/h1-24H. The van der Waals surface area contributed by atoms with E-state index in [0.29, 0.717) is 0 Å². The van der Waals surface area contributed by atoms with Gasteiger partial charge in [-0.3, -0.25) is 4.90 Å². The summed E-state index contributed by atoms with van der Waals surface area (Å²) in [5.41, 5.74) is 10.4. The number of pyridine rings is 1. The number of aromatic nitrogens is 1. The third kappa shape index (κ3) is 3.67. The third-order valence-corrected chi connectivity index (χ3v) is 8.82. The van der Waals surface area contributed by atoms with Gasteiger partial charge in [0.25, 0.3) is 0 Å². The fourth-order valence-corrected chi connectivity index (χ4v) is 7.06. The molecule has 0 radical (unpaired) electrons. The molecule has 40 heavy (non-hydrogen) atoms. The van der Waals surface area contributed by atoms with E-state index in [9.17, 15) is 0 Å². The monoisotopic (exact) mass is 528 g/mol. The lowest BCUT2D eigenvalue weighted by atomic mass is 9.99. The van der Waals surface area contributed by atoms with Crippen LogP contribution in [0.1, 0.15) is 0 Å². The summed E-state index contributed by atoms with van der Waals surface area (Å²) in [7, 11) is 0. The van der Waals surface area contributed by atoms with Gasteiger partial charge in [0, 0.05) is 37.2 Å². The predicted molar refractivity (Wildman–Crippen MR) is 170 cm³/mol. The average Bonchev–Trinajstić information content (AvgIpc) is 3.36. The highest BCUT2D eigenvalue weighted by Crippen LogP contribution is 2.55. The van der Waals surface area contributed by atoms with Crippen molar-refractivity contribution in [3.8, 4) is 44.0 Å². The minimum Gasteiger partial charge on any atom is -0.294 e. The SMILES string of the molecule is c1ccc(-c2cc(-c3ccccc3)nc(N3c4ccccc4-c4sc5ccccc5c4-c4ccccc43)c2)cc1. The van der Waals surface area contributed by atoms with E-state index < -0.39 is 0 Å². The summed E-state index contributed by atoms with van der Waals surface area (Å²) in [6.45, 7) is 0. The second kappa shape index (κ2) is 9.33. The van der Waals surface area contributed by atoms with Crippen molar-refractivity contribution in [2.24, 2.45) is 0 Å². The van der Waals surface area contributed by atoms with E-state index >= 15 is 0 Å². The van der Waals surface area contributed by atoms with Crippen LogP contribution in [0.25, 0.3) is 54.0 Å². The molecule has 8 rings (SSSR count). The zero-order chi connectivity index (χ0) is 26.5. The zero-order valence-corrected chi connectivity index (χ0v) is 22.5. The van der Waals surface area contributed by atoms with E-state index in [1.165, 1.54) is 37.2 Å². The van der Waals surface area contributed by atoms with Gasteiger partial charge in [0.05, 0.1) is 17.1 Å². The minimum atomic E-state index is 0.902. The summed E-state index contributed by atoms with van der Waals surface area (Å²) in [4.78, 5) is 8.98. The number of thiophene rings is 1. The second-order valence-electron chi connectivity index (χ2n) is 10.0. The predicted octanol–water partition coefficient (Wildman–Crippen LogP) is 10.7. The van der Waals surface area contributed by atoms with Gasteiger partial charge in [0.2, 0.25) is 0 Å². The van der Waals surface area contributed by atoms with Crippen molar-refractivity contribution < 1.29 is 0 Å². The fraction of sp³-hybridized carbons (Fsp3) is 0. The summed E-state index contributed by atoms with van der Waals surface area (Å²) >= 11 is 1.87. The number of nitrogens with zero attached hydrogens (tertiary/aromatic N) is 2. The Hall–Kier alpha value is -4.99. The normalized spacial score (nSPS) is 11.9. The Morgan fingerprint density at radius 1 is 0.500 bits per heavy atom. The van der Waals surface area contributed by atoms with Gasteiger partial charge in [-0.2, -0.15) is 0 Å². The van der Waals surface area contributed by atoms with Crippen LogP contribution in [0.15, 0.2) is 146 Å². The smallest absolute Gasteiger partial charge is 0.138 e. The maximum Gasteiger partial charge on any atom is 0.138 e. The van der Waals surface area contributed by atoms with Crippen LogP contribution in [-0.4, -0.2) is 4.98 Å². The molecule has 0 spiro atoms. The largest absolute Gasteiger partial charge is 0.294 e. The van der Waals surface area contributed by atoms with Gasteiger partial charge in [-0.15, -0.1) is 11.3 Å². The maximum absolute atomic E-state index is 5.33. The lowest BCUT2D eigenvalue weighted by molar-refractivity contribution is 1.19. The number of benzene rings is 5. The lowest BCUT2D eigenvalue weighted by Crippen LogP contribution is -2.13. The molecule has 188 valence electrons. The summed E-state index contributed by atoms with van der Waals surface area (Å²) in [6, 6.07) is 51.8. The molecule has 5 aromatic carbocycles. The Morgan fingerprint density at radius 2 is 1.10 bits per heavy atom. The van der Waals surface area contributed by atoms with Gasteiger partial charge in [0.15, 0.2) is 0 Å². The molecule has 7 aromatic rings. The molecule has 3 heteroatoms. The van der Waals surface area contributed by atoms with Crippen molar-refractivity contribution in [1.29, 1.82) is 0 Å². The topological polar surface area (TPSA) is 16.1 Å². The van der Waals surface area contributed by atoms with Gasteiger partial charge in [-0.25, -0.2) is 4.98 Å². The van der Waals surface area contributed by atoms with E-state index in [4.69, 9.17) is 4.98 Å². The number of anilines is 3. The number of rotatable bonds is 3. The zero-order valence-electron chi connectivity index (χ0n) is 21.7. The van der Waals surface area contributed by atoms with Crippen molar-refractivity contribution in [3.63, 3.8) is 0 Å². The third-order valence-electron chi connectivity index (χ3n) is 7.62. The van der Waals surface area contributed by atoms with Crippen LogP contribution in [0, 0.1) is 0 Å². The first-order valence-electron chi connectivity index (χ1n) is 13.5. The van der Waals surface area contributed by atoms with Crippen molar-refractivity contribution in [2.75, 3.05) is 4.90 Å². The van der Waals surface area contributed by atoms with Gasteiger partial charge in [-0.05, 0) is 41.5 Å². The fourth-order valence-electron chi connectivity index (χ4n) is 5.80. The van der Waals surface area contributed by atoms with Crippen LogP contribution < -0.4 is 4.90 Å². The first-order valence-corrected chi connectivity index (χ1v) is 14.3. The van der Waals surface area contributed by atoms with Gasteiger partial charge in [-0.1, -0.05) is 115 Å². The number of para-hydroxylation sites is 2. The van der Waals surface area contributed by atoms with E-state index in [1.54, 1.807) is 0 Å². The molecule has 0 aliphatic carbocycles. The molecule has 2 nitrogen and oxygen atoms in total. The summed E-state index contributed by atoms with van der Waals surface area (Å²) in [5.74, 6) is 0.902. The molecular weight excluding hydrogens is 504 g/mol. The summed E-state index contributed by atoms with van der Waals surface area (Å²) in [6.07, 6.45) is 0. The first kappa shape index (κ1) is 22.9. The molecule has 3 heterocycles. The van der Waals surface area contributed by atoms with Gasteiger partial charge in [0.1, 0.15) is 5.82 Å². The van der Waals surface area contributed by atoms with Crippen molar-refractivity contribution in [1.82, 2.24) is 4.98 Å². The molecule has 1 aliphatic rings. The Balaban J connectivity index is 1.45. The molecule has 2 aromatic heterocycles. The number of hydrogen-bond donors (Lipinski definition) is 0. The van der Waals surface area contributed by atoms with Crippen LogP contribution >= 0.6 is 11.3 Å². The van der Waals surface area contributed by atoms with E-state index in [0.717, 1.165) is 34.0 Å². The second-order valence-corrected chi connectivity index (χ2v) is 11.1. The molecule has 0 saturated heterocycles. The molecular formula is C37H24N2S. The molecule has 0 fully saturated rings. The first-order chi connectivity index (χ1) is 19.8. The molecule has 0 amide bonds. The van der Waals surface area contributed by atoms with Gasteiger partial charge < -0.3 is 0 Å². The number of fused-ring (bicyclic) bond motifs is 7. The van der Waals surface area contributed by atoms with Crippen LogP contribution in [0.3, 0.4) is 0 Å². The van der Waals surface area contributed by atoms with Gasteiger partial charge >= 0.3 is 0 Å². The van der Waals surface area contributed by atoms with Crippen LogP contribution in [-0.2, 0) is 0 Å². The molecule has 0 N–H and O–H groups in total. The molecule has 1 aliphatic heterocycles.